The van der Waals surface area contributed by atoms with Crippen molar-refractivity contribution in [1.82, 2.24) is 15.5 Å². The molecule has 4 fully saturated rings. The number of furan rings is 1. The van der Waals surface area contributed by atoms with Gasteiger partial charge in [-0.25, -0.2) is 0 Å². The number of guanidine groups is 1. The van der Waals surface area contributed by atoms with Crippen LogP contribution in [-0.4, -0.2) is 75.5 Å². The maximum Gasteiger partial charge on any atom is 0.191 e. The van der Waals surface area contributed by atoms with Crippen molar-refractivity contribution < 1.29 is 13.9 Å². The van der Waals surface area contributed by atoms with Gasteiger partial charge in [0.2, 0.25) is 0 Å². The molecule has 2 aliphatic carbocycles. The summed E-state index contributed by atoms with van der Waals surface area (Å²) in [6.07, 6.45) is 10.6. The standard InChI is InChI=1S/C24H38N4O3.HI/c1-2-9-24(8-1)21(20-7-16-31-22(20)24)27-23(26-11-6-19-5-3-15-30-19)25-10-4-12-28-13-17-29-18-14-28;/h3,5,15,20-22H,1-2,4,6-14,16-18H2,(H2,25,26,27);1H. The maximum atomic E-state index is 6.17. The van der Waals surface area contributed by atoms with Crippen molar-refractivity contribution in [1.29, 1.82) is 0 Å². The van der Waals surface area contributed by atoms with Crippen LogP contribution < -0.4 is 10.6 Å². The second-order valence-electron chi connectivity index (χ2n) is 9.60. The summed E-state index contributed by atoms with van der Waals surface area (Å²) in [5.74, 6) is 2.62. The van der Waals surface area contributed by atoms with Gasteiger partial charge in [0.05, 0.1) is 25.6 Å². The second-order valence-corrected chi connectivity index (χ2v) is 9.60. The lowest BCUT2D eigenvalue weighted by atomic mass is 9.54. The average molecular weight is 559 g/mol. The highest BCUT2D eigenvalue weighted by Crippen LogP contribution is 2.60. The van der Waals surface area contributed by atoms with Crippen molar-refractivity contribution in [2.75, 3.05) is 52.5 Å². The fraction of sp³-hybridized carbons (Fsp3) is 0.792. The molecule has 4 aliphatic rings. The number of hydrogen-bond donors (Lipinski definition) is 2. The molecule has 2 N–H and O–H groups in total. The molecule has 32 heavy (non-hydrogen) atoms. The first kappa shape index (κ1) is 24.3. The van der Waals surface area contributed by atoms with Gasteiger partial charge >= 0.3 is 0 Å². The molecule has 2 aliphatic heterocycles. The number of nitrogens with one attached hydrogen (secondary N) is 2. The van der Waals surface area contributed by atoms with Gasteiger partial charge in [-0.1, -0.05) is 12.8 Å². The quantitative estimate of drug-likeness (QED) is 0.221. The lowest BCUT2D eigenvalue weighted by Gasteiger charge is -2.57. The summed E-state index contributed by atoms with van der Waals surface area (Å²) in [6.45, 7) is 7.50. The van der Waals surface area contributed by atoms with Crippen LogP contribution >= 0.6 is 24.0 Å². The van der Waals surface area contributed by atoms with Crippen molar-refractivity contribution in [2.45, 2.75) is 57.1 Å². The van der Waals surface area contributed by atoms with Gasteiger partial charge in [-0.15, -0.1) is 24.0 Å². The van der Waals surface area contributed by atoms with Crippen LogP contribution in [0.15, 0.2) is 27.8 Å². The fourth-order valence-corrected chi connectivity index (χ4v) is 6.27. The van der Waals surface area contributed by atoms with Gasteiger partial charge in [0.25, 0.3) is 0 Å². The first-order valence-electron chi connectivity index (χ1n) is 12.3. The zero-order chi connectivity index (χ0) is 20.9. The van der Waals surface area contributed by atoms with Crippen molar-refractivity contribution in [3.05, 3.63) is 24.2 Å². The van der Waals surface area contributed by atoms with E-state index in [1.165, 1.54) is 32.1 Å². The summed E-state index contributed by atoms with van der Waals surface area (Å²) in [6, 6.07) is 4.48. The Morgan fingerprint density at radius 1 is 1.19 bits per heavy atom. The molecule has 1 spiro atoms. The van der Waals surface area contributed by atoms with E-state index in [9.17, 15) is 0 Å². The Bertz CT molecular complexity index is 717. The molecule has 2 saturated carbocycles. The van der Waals surface area contributed by atoms with Gasteiger partial charge < -0.3 is 24.5 Å². The summed E-state index contributed by atoms with van der Waals surface area (Å²) in [4.78, 5) is 7.47. The molecule has 3 unspecified atom stereocenters. The summed E-state index contributed by atoms with van der Waals surface area (Å²) >= 11 is 0. The van der Waals surface area contributed by atoms with Crippen LogP contribution in [0, 0.1) is 11.3 Å². The zero-order valence-electron chi connectivity index (χ0n) is 19.1. The Morgan fingerprint density at radius 2 is 2.03 bits per heavy atom. The van der Waals surface area contributed by atoms with Crippen LogP contribution in [-0.2, 0) is 15.9 Å². The monoisotopic (exact) mass is 558 g/mol. The number of aliphatic imine (C=N–C) groups is 1. The lowest BCUT2D eigenvalue weighted by Crippen LogP contribution is -2.69. The Labute approximate surface area is 209 Å². The molecule has 5 rings (SSSR count). The van der Waals surface area contributed by atoms with E-state index in [1.807, 2.05) is 12.1 Å². The molecule has 0 aromatic carbocycles. The third kappa shape index (κ3) is 5.28. The predicted octanol–water partition coefficient (Wildman–Crippen LogP) is 3.05. The third-order valence-electron chi connectivity index (χ3n) is 7.83. The second kappa shape index (κ2) is 11.5. The molecular formula is C24H39IN4O3. The van der Waals surface area contributed by atoms with Crippen LogP contribution in [0.2, 0.25) is 0 Å². The van der Waals surface area contributed by atoms with Gasteiger partial charge in [-0.3, -0.25) is 9.89 Å². The minimum absolute atomic E-state index is 0. The summed E-state index contributed by atoms with van der Waals surface area (Å²) in [5, 5.41) is 7.46. The fourth-order valence-electron chi connectivity index (χ4n) is 6.27. The number of fused-ring (bicyclic) bond motifs is 2. The molecular weight excluding hydrogens is 519 g/mol. The Kier molecular flexibility index (Phi) is 8.75. The van der Waals surface area contributed by atoms with E-state index in [0.717, 1.165) is 77.1 Å². The molecule has 0 radical (unpaired) electrons. The Hall–Kier alpha value is -0.840. The molecule has 0 bridgehead atoms. The minimum Gasteiger partial charge on any atom is -0.469 e. The van der Waals surface area contributed by atoms with E-state index in [4.69, 9.17) is 18.9 Å². The van der Waals surface area contributed by atoms with Crippen LogP contribution in [0.3, 0.4) is 0 Å². The average Bonchev–Trinajstić information content (AvgIpc) is 3.56. The number of morpholine rings is 1. The summed E-state index contributed by atoms with van der Waals surface area (Å²) < 4.78 is 17.1. The van der Waals surface area contributed by atoms with Crippen molar-refractivity contribution >= 4 is 29.9 Å². The minimum atomic E-state index is 0. The van der Waals surface area contributed by atoms with Crippen LogP contribution in [0.4, 0.5) is 0 Å². The summed E-state index contributed by atoms with van der Waals surface area (Å²) in [5.41, 5.74) is 0.332. The smallest absolute Gasteiger partial charge is 0.191 e. The maximum absolute atomic E-state index is 6.17. The molecule has 1 aromatic heterocycles. The molecule has 8 heteroatoms. The Morgan fingerprint density at radius 3 is 2.81 bits per heavy atom. The van der Waals surface area contributed by atoms with Gasteiger partial charge in [0, 0.05) is 63.1 Å². The van der Waals surface area contributed by atoms with E-state index in [1.54, 1.807) is 6.26 Å². The zero-order valence-corrected chi connectivity index (χ0v) is 21.4. The van der Waals surface area contributed by atoms with E-state index < -0.39 is 0 Å². The van der Waals surface area contributed by atoms with E-state index in [-0.39, 0.29) is 24.0 Å². The van der Waals surface area contributed by atoms with Crippen LogP contribution in [0.5, 0.6) is 0 Å². The van der Waals surface area contributed by atoms with E-state index in [0.29, 0.717) is 23.5 Å². The molecule has 3 atom stereocenters. The third-order valence-corrected chi connectivity index (χ3v) is 7.83. The number of ether oxygens (including phenoxy) is 2. The molecule has 180 valence electrons. The predicted molar refractivity (Wildman–Crippen MR) is 136 cm³/mol. The molecule has 0 amide bonds. The number of hydrogen-bond acceptors (Lipinski definition) is 5. The number of nitrogens with zero attached hydrogens (tertiary/aromatic N) is 2. The van der Waals surface area contributed by atoms with Gasteiger partial charge in [-0.2, -0.15) is 0 Å². The Balaban J connectivity index is 0.00000245. The van der Waals surface area contributed by atoms with Crippen LogP contribution in [0.1, 0.15) is 44.3 Å². The highest BCUT2D eigenvalue weighted by Gasteiger charge is 2.65. The van der Waals surface area contributed by atoms with E-state index >= 15 is 0 Å². The molecule has 2 saturated heterocycles. The highest BCUT2D eigenvalue weighted by atomic mass is 127. The van der Waals surface area contributed by atoms with Gasteiger partial charge in [-0.05, 0) is 37.8 Å². The van der Waals surface area contributed by atoms with Crippen LogP contribution in [0.25, 0.3) is 0 Å². The highest BCUT2D eigenvalue weighted by molar-refractivity contribution is 14.0. The van der Waals surface area contributed by atoms with Gasteiger partial charge in [0.1, 0.15) is 5.76 Å². The largest absolute Gasteiger partial charge is 0.469 e. The van der Waals surface area contributed by atoms with Crippen molar-refractivity contribution in [2.24, 2.45) is 16.3 Å². The number of rotatable bonds is 8. The van der Waals surface area contributed by atoms with Gasteiger partial charge in [0.15, 0.2) is 5.96 Å². The first-order chi connectivity index (χ1) is 15.4. The SMILES string of the molecule is I.c1coc(CCNC(=NCCCN2CCOCC2)NC2C3CCOC3C23CCCC3)c1. The van der Waals surface area contributed by atoms with Crippen molar-refractivity contribution in [3.63, 3.8) is 0 Å². The van der Waals surface area contributed by atoms with E-state index in [2.05, 4.69) is 15.5 Å². The lowest BCUT2D eigenvalue weighted by molar-refractivity contribution is -0.125. The topological polar surface area (TPSA) is 71.3 Å². The number of halogens is 1. The first-order valence-corrected chi connectivity index (χ1v) is 12.3. The molecule has 3 heterocycles. The normalized spacial score (nSPS) is 29.4. The molecule has 7 nitrogen and oxygen atoms in total. The summed E-state index contributed by atoms with van der Waals surface area (Å²) in [7, 11) is 0. The van der Waals surface area contributed by atoms with Crippen molar-refractivity contribution in [3.8, 4) is 0 Å². The molecule has 1 aromatic rings.